The topological polar surface area (TPSA) is 72.6 Å². The molecule has 0 unspecified atom stereocenters. The molecular formula is C18H24N2O3. The fraction of sp³-hybridized carbons (Fsp3) is 0.444. The van der Waals surface area contributed by atoms with Gasteiger partial charge in [0.1, 0.15) is 0 Å². The average molecular weight is 316 g/mol. The summed E-state index contributed by atoms with van der Waals surface area (Å²) in [6.45, 7) is 3.66. The number of primary amides is 1. The van der Waals surface area contributed by atoms with E-state index in [1.54, 1.807) is 6.08 Å². The molecule has 1 atom stereocenters. The van der Waals surface area contributed by atoms with Gasteiger partial charge in [-0.1, -0.05) is 25.0 Å². The molecule has 0 bridgehead atoms. The summed E-state index contributed by atoms with van der Waals surface area (Å²) in [6.07, 6.45) is 7.16. The van der Waals surface area contributed by atoms with Gasteiger partial charge >= 0.3 is 5.97 Å². The zero-order valence-electron chi connectivity index (χ0n) is 13.5. The molecule has 0 radical (unpaired) electrons. The number of hydrogen-bond donors (Lipinski definition) is 1. The Morgan fingerprint density at radius 3 is 2.30 bits per heavy atom. The minimum absolute atomic E-state index is 0.576. The predicted molar refractivity (Wildman–Crippen MR) is 90.9 cm³/mol. The fourth-order valence-electron chi connectivity index (χ4n) is 2.56. The molecular weight excluding hydrogens is 292 g/mol. The summed E-state index contributed by atoms with van der Waals surface area (Å²) in [5, 5.41) is 0. The maximum atomic E-state index is 11.6. The Balaban J connectivity index is 1.92. The number of benzene rings is 1. The number of amides is 1. The van der Waals surface area contributed by atoms with Crippen molar-refractivity contribution in [1.29, 1.82) is 0 Å². The third-order valence-corrected chi connectivity index (χ3v) is 3.97. The molecule has 0 saturated carbocycles. The van der Waals surface area contributed by atoms with Gasteiger partial charge in [0.2, 0.25) is 0 Å². The van der Waals surface area contributed by atoms with Crippen molar-refractivity contribution in [3.05, 3.63) is 35.9 Å². The van der Waals surface area contributed by atoms with Gasteiger partial charge in [0.05, 0.1) is 0 Å². The lowest BCUT2D eigenvalue weighted by Crippen LogP contribution is -2.29. The first-order valence-electron chi connectivity index (χ1n) is 8.09. The summed E-state index contributed by atoms with van der Waals surface area (Å²) >= 11 is 0. The van der Waals surface area contributed by atoms with Gasteiger partial charge in [0, 0.05) is 24.9 Å². The highest BCUT2D eigenvalue weighted by atomic mass is 16.5. The maximum Gasteiger partial charge on any atom is 0.331 e. The standard InChI is InChI=1S/C18H24N2O3/c1-14(18(19)22)23-17(21)11-8-15-6-9-16(10-7-15)20-12-4-2-3-5-13-20/h6-11,14H,2-5,12-13H2,1H3,(H2,19,22)/b11-8+/t14-/m0/s1. The third-order valence-electron chi connectivity index (χ3n) is 3.97. The molecule has 1 heterocycles. The molecule has 0 aliphatic carbocycles. The Kier molecular flexibility index (Phi) is 6.20. The van der Waals surface area contributed by atoms with Crippen molar-refractivity contribution in [3.63, 3.8) is 0 Å². The monoisotopic (exact) mass is 316 g/mol. The van der Waals surface area contributed by atoms with E-state index in [1.807, 2.05) is 12.1 Å². The molecule has 1 aliphatic rings. The van der Waals surface area contributed by atoms with E-state index in [-0.39, 0.29) is 0 Å². The maximum absolute atomic E-state index is 11.6. The molecule has 2 rings (SSSR count). The van der Waals surface area contributed by atoms with Crippen molar-refractivity contribution < 1.29 is 14.3 Å². The Bertz CT molecular complexity index is 558. The van der Waals surface area contributed by atoms with Crippen LogP contribution in [0.3, 0.4) is 0 Å². The molecule has 0 aromatic heterocycles. The molecule has 2 N–H and O–H groups in total. The van der Waals surface area contributed by atoms with Gasteiger partial charge in [-0.2, -0.15) is 0 Å². The van der Waals surface area contributed by atoms with Crippen LogP contribution in [0.5, 0.6) is 0 Å². The van der Waals surface area contributed by atoms with Crippen molar-refractivity contribution in [3.8, 4) is 0 Å². The lowest BCUT2D eigenvalue weighted by atomic mass is 10.1. The van der Waals surface area contributed by atoms with Crippen molar-refractivity contribution in [2.75, 3.05) is 18.0 Å². The molecule has 1 amide bonds. The molecule has 1 saturated heterocycles. The highest BCUT2D eigenvalue weighted by molar-refractivity contribution is 5.90. The summed E-state index contributed by atoms with van der Waals surface area (Å²) in [5.41, 5.74) is 7.17. The van der Waals surface area contributed by atoms with Crippen LogP contribution in [0.2, 0.25) is 0 Å². The summed E-state index contributed by atoms with van der Waals surface area (Å²) in [4.78, 5) is 24.8. The van der Waals surface area contributed by atoms with Gasteiger partial charge in [-0.3, -0.25) is 4.79 Å². The highest BCUT2D eigenvalue weighted by Gasteiger charge is 2.12. The molecule has 124 valence electrons. The summed E-state index contributed by atoms with van der Waals surface area (Å²) < 4.78 is 4.86. The van der Waals surface area contributed by atoms with Crippen molar-refractivity contribution in [2.45, 2.75) is 38.7 Å². The van der Waals surface area contributed by atoms with Gasteiger partial charge in [-0.25, -0.2) is 4.79 Å². The van der Waals surface area contributed by atoms with Crippen LogP contribution < -0.4 is 10.6 Å². The number of ether oxygens (including phenoxy) is 1. The Labute approximate surface area is 137 Å². The van der Waals surface area contributed by atoms with E-state index in [0.717, 1.165) is 18.7 Å². The van der Waals surface area contributed by atoms with Crippen LogP contribution in [0, 0.1) is 0 Å². The first kappa shape index (κ1) is 17.1. The number of nitrogens with two attached hydrogens (primary N) is 1. The zero-order chi connectivity index (χ0) is 16.7. The highest BCUT2D eigenvalue weighted by Crippen LogP contribution is 2.20. The van der Waals surface area contributed by atoms with Crippen LogP contribution in [0.15, 0.2) is 30.3 Å². The first-order chi connectivity index (χ1) is 11.1. The van der Waals surface area contributed by atoms with Gasteiger partial charge in [0.15, 0.2) is 6.10 Å². The first-order valence-corrected chi connectivity index (χ1v) is 8.09. The van der Waals surface area contributed by atoms with E-state index in [9.17, 15) is 9.59 Å². The van der Waals surface area contributed by atoms with E-state index < -0.39 is 18.0 Å². The Morgan fingerprint density at radius 2 is 1.74 bits per heavy atom. The van der Waals surface area contributed by atoms with Crippen LogP contribution in [-0.2, 0) is 14.3 Å². The summed E-state index contributed by atoms with van der Waals surface area (Å²) in [6, 6.07) is 8.09. The van der Waals surface area contributed by atoms with Crippen LogP contribution >= 0.6 is 0 Å². The quantitative estimate of drug-likeness (QED) is 0.669. The Morgan fingerprint density at radius 1 is 1.13 bits per heavy atom. The third kappa shape index (κ3) is 5.43. The summed E-state index contributed by atoms with van der Waals surface area (Å²) in [5.74, 6) is -1.23. The minimum atomic E-state index is -0.919. The lowest BCUT2D eigenvalue weighted by molar-refractivity contribution is -0.148. The number of esters is 1. The van der Waals surface area contributed by atoms with E-state index in [1.165, 1.54) is 44.4 Å². The SMILES string of the molecule is C[C@H](OC(=O)/C=C/c1ccc(N2CCCCCC2)cc1)C(N)=O. The number of nitrogens with zero attached hydrogens (tertiary/aromatic N) is 1. The van der Waals surface area contributed by atoms with E-state index >= 15 is 0 Å². The van der Waals surface area contributed by atoms with Crippen molar-refractivity contribution in [2.24, 2.45) is 5.73 Å². The number of anilines is 1. The average Bonchev–Trinajstić information content (AvgIpc) is 2.82. The second-order valence-electron chi connectivity index (χ2n) is 5.81. The van der Waals surface area contributed by atoms with Gasteiger partial charge in [-0.15, -0.1) is 0 Å². The van der Waals surface area contributed by atoms with Crippen molar-refractivity contribution in [1.82, 2.24) is 0 Å². The van der Waals surface area contributed by atoms with E-state index in [0.29, 0.717) is 0 Å². The second kappa shape index (κ2) is 8.36. The molecule has 23 heavy (non-hydrogen) atoms. The predicted octanol–water partition coefficient (Wildman–Crippen LogP) is 2.50. The second-order valence-corrected chi connectivity index (χ2v) is 5.81. The normalized spacial score (nSPS) is 16.8. The Hall–Kier alpha value is -2.30. The van der Waals surface area contributed by atoms with E-state index in [4.69, 9.17) is 10.5 Å². The van der Waals surface area contributed by atoms with Gasteiger partial charge in [-0.05, 0) is 43.5 Å². The largest absolute Gasteiger partial charge is 0.449 e. The molecule has 1 aromatic rings. The summed E-state index contributed by atoms with van der Waals surface area (Å²) in [7, 11) is 0. The molecule has 1 fully saturated rings. The fourth-order valence-corrected chi connectivity index (χ4v) is 2.56. The molecule has 1 aromatic carbocycles. The van der Waals surface area contributed by atoms with Crippen LogP contribution in [0.1, 0.15) is 38.2 Å². The van der Waals surface area contributed by atoms with Crippen molar-refractivity contribution >= 4 is 23.6 Å². The lowest BCUT2D eigenvalue weighted by Gasteiger charge is -2.22. The number of rotatable bonds is 5. The van der Waals surface area contributed by atoms with Gasteiger partial charge < -0.3 is 15.4 Å². The minimum Gasteiger partial charge on any atom is -0.449 e. The zero-order valence-corrected chi connectivity index (χ0v) is 13.5. The molecule has 0 spiro atoms. The van der Waals surface area contributed by atoms with E-state index in [2.05, 4.69) is 17.0 Å². The smallest absolute Gasteiger partial charge is 0.331 e. The van der Waals surface area contributed by atoms with Gasteiger partial charge in [0.25, 0.3) is 5.91 Å². The molecule has 1 aliphatic heterocycles. The number of carbonyl (C=O) groups is 2. The van der Waals surface area contributed by atoms with Crippen LogP contribution in [0.4, 0.5) is 5.69 Å². The number of carbonyl (C=O) groups excluding carboxylic acids is 2. The van der Waals surface area contributed by atoms with Crippen LogP contribution in [-0.4, -0.2) is 31.1 Å². The number of hydrogen-bond acceptors (Lipinski definition) is 4. The molecule has 5 heteroatoms. The molecule has 5 nitrogen and oxygen atoms in total. The van der Waals surface area contributed by atoms with Crippen LogP contribution in [0.25, 0.3) is 6.08 Å².